The van der Waals surface area contributed by atoms with Gasteiger partial charge < -0.3 is 0 Å². The molecule has 0 atom stereocenters. The van der Waals surface area contributed by atoms with E-state index >= 15 is 0 Å². The van der Waals surface area contributed by atoms with Crippen molar-refractivity contribution in [2.45, 2.75) is 29.7 Å². The first kappa shape index (κ1) is 8.38. The van der Waals surface area contributed by atoms with Crippen molar-refractivity contribution in [1.82, 2.24) is 0 Å². The van der Waals surface area contributed by atoms with Gasteiger partial charge in [-0.25, -0.2) is 0 Å². The molecule has 1 aliphatic heterocycles. The molecule has 1 aromatic carbocycles. The molecule has 0 amide bonds. The molecule has 0 N–H and O–H groups in total. The summed E-state index contributed by atoms with van der Waals surface area (Å²) in [5.74, 6) is 0. The van der Waals surface area contributed by atoms with Crippen LogP contribution < -0.4 is 4.35 Å². The van der Waals surface area contributed by atoms with Gasteiger partial charge in [-0.05, 0) is 0 Å². The summed E-state index contributed by atoms with van der Waals surface area (Å²) >= 11 is -0.552. The molecule has 1 saturated heterocycles. The van der Waals surface area contributed by atoms with Gasteiger partial charge in [-0.2, -0.15) is 0 Å². The van der Waals surface area contributed by atoms with Crippen molar-refractivity contribution in [1.29, 1.82) is 0 Å². The van der Waals surface area contributed by atoms with Gasteiger partial charge in [-0.15, -0.1) is 0 Å². The zero-order valence-electron chi connectivity index (χ0n) is 7.37. The van der Waals surface area contributed by atoms with Crippen molar-refractivity contribution < 1.29 is 0 Å². The van der Waals surface area contributed by atoms with Crippen LogP contribution >= 0.6 is 0 Å². The normalized spacial score (nSPS) is 19.3. The van der Waals surface area contributed by atoms with Gasteiger partial charge in [-0.3, -0.25) is 0 Å². The third-order valence-electron chi connectivity index (χ3n) is 2.48. The average Bonchev–Trinajstić information content (AvgIpc) is 2.21. The summed E-state index contributed by atoms with van der Waals surface area (Å²) in [7, 11) is 0. The van der Waals surface area contributed by atoms with Crippen LogP contribution in [0.15, 0.2) is 30.3 Å². The second-order valence-electron chi connectivity index (χ2n) is 3.38. The summed E-state index contributed by atoms with van der Waals surface area (Å²) in [4.78, 5) is 0. The Morgan fingerprint density at radius 3 is 2.17 bits per heavy atom. The van der Waals surface area contributed by atoms with Crippen molar-refractivity contribution in [3.05, 3.63) is 30.3 Å². The monoisotopic (exact) mass is 222 g/mol. The van der Waals surface area contributed by atoms with Crippen molar-refractivity contribution in [2.75, 3.05) is 0 Å². The van der Waals surface area contributed by atoms with Crippen molar-refractivity contribution in [3.8, 4) is 0 Å². The van der Waals surface area contributed by atoms with E-state index in [0.29, 0.717) is 0 Å². The Bertz CT molecular complexity index is 224. The molecule has 0 bridgehead atoms. The predicted molar refractivity (Wildman–Crippen MR) is 55.3 cm³/mol. The summed E-state index contributed by atoms with van der Waals surface area (Å²) in [6, 6.07) is 11.2. The van der Waals surface area contributed by atoms with E-state index in [1.165, 1.54) is 19.3 Å². The third-order valence-corrected chi connectivity index (χ3v) is 8.23. The number of benzene rings is 1. The zero-order chi connectivity index (χ0) is 8.23. The van der Waals surface area contributed by atoms with E-state index in [1.54, 1.807) is 14.8 Å². The number of hydrogen-bond acceptors (Lipinski definition) is 0. The van der Waals surface area contributed by atoms with Crippen molar-refractivity contribution in [3.63, 3.8) is 0 Å². The first-order valence-electron chi connectivity index (χ1n) is 4.77. The SMILES string of the molecule is c1ccc([As]2CCCCC2)cc1. The third kappa shape index (κ3) is 1.93. The molecule has 0 spiro atoms. The van der Waals surface area contributed by atoms with E-state index in [9.17, 15) is 0 Å². The first-order chi connectivity index (χ1) is 5.97. The average molecular weight is 222 g/mol. The molecule has 64 valence electrons. The topological polar surface area (TPSA) is 0 Å². The van der Waals surface area contributed by atoms with E-state index in [0.717, 1.165) is 0 Å². The van der Waals surface area contributed by atoms with Gasteiger partial charge in [0.15, 0.2) is 0 Å². The van der Waals surface area contributed by atoms with Gasteiger partial charge in [0, 0.05) is 0 Å². The van der Waals surface area contributed by atoms with E-state index < -0.39 is 14.7 Å². The fourth-order valence-electron chi connectivity index (χ4n) is 1.79. The first-order valence-corrected chi connectivity index (χ1v) is 8.36. The fraction of sp³-hybridized carbons (Fsp3) is 0.455. The van der Waals surface area contributed by atoms with Gasteiger partial charge in [0.2, 0.25) is 0 Å². The second kappa shape index (κ2) is 4.14. The molecule has 0 aliphatic carbocycles. The Morgan fingerprint density at radius 2 is 1.50 bits per heavy atom. The molecule has 1 heteroatoms. The molecule has 12 heavy (non-hydrogen) atoms. The summed E-state index contributed by atoms with van der Waals surface area (Å²) in [6.45, 7) is 0. The van der Waals surface area contributed by atoms with Gasteiger partial charge in [-0.1, -0.05) is 0 Å². The molecule has 0 aromatic heterocycles. The Labute approximate surface area is 79.3 Å². The van der Waals surface area contributed by atoms with Gasteiger partial charge >= 0.3 is 79.0 Å². The number of rotatable bonds is 1. The molecule has 0 radical (unpaired) electrons. The van der Waals surface area contributed by atoms with Crippen LogP contribution in [0.25, 0.3) is 0 Å². The van der Waals surface area contributed by atoms with Crippen molar-refractivity contribution >= 4 is 19.0 Å². The van der Waals surface area contributed by atoms with Crippen LogP contribution in [0, 0.1) is 0 Å². The molecule has 1 fully saturated rings. The van der Waals surface area contributed by atoms with Crippen LogP contribution in [-0.2, 0) is 0 Å². The van der Waals surface area contributed by atoms with Crippen LogP contribution in [0.1, 0.15) is 19.3 Å². The molecule has 0 unspecified atom stereocenters. The Hall–Kier alpha value is -0.222. The minimum atomic E-state index is -0.552. The Balaban J connectivity index is 2.08. The van der Waals surface area contributed by atoms with Crippen LogP contribution in [-0.4, -0.2) is 14.7 Å². The second-order valence-corrected chi connectivity index (χ2v) is 8.61. The fourth-order valence-corrected chi connectivity index (χ4v) is 7.13. The molecule has 2 rings (SSSR count). The number of hydrogen-bond donors (Lipinski definition) is 0. The molecule has 0 nitrogen and oxygen atoms in total. The maximum atomic E-state index is 2.34. The summed E-state index contributed by atoms with van der Waals surface area (Å²) in [6.07, 6.45) is 4.47. The molecular weight excluding hydrogens is 207 g/mol. The molecular formula is C11H15As. The Morgan fingerprint density at radius 1 is 0.833 bits per heavy atom. The molecule has 1 heterocycles. The predicted octanol–water partition coefficient (Wildman–Crippen LogP) is 2.57. The van der Waals surface area contributed by atoms with Gasteiger partial charge in [0.25, 0.3) is 0 Å². The zero-order valence-corrected chi connectivity index (χ0v) is 9.25. The summed E-state index contributed by atoms with van der Waals surface area (Å²) < 4.78 is 1.70. The Kier molecular flexibility index (Phi) is 2.89. The maximum absolute atomic E-state index is 2.34. The van der Waals surface area contributed by atoms with Gasteiger partial charge in [0.05, 0.1) is 0 Å². The van der Waals surface area contributed by atoms with Crippen LogP contribution in [0.2, 0.25) is 10.4 Å². The standard InChI is InChI=1S/C11H15As/c1-3-7-11(8-4-1)12-9-5-2-6-10-12/h1,3-4,7-8H,2,5-6,9-10H2. The molecule has 1 aliphatic rings. The van der Waals surface area contributed by atoms with Crippen LogP contribution in [0.4, 0.5) is 0 Å². The van der Waals surface area contributed by atoms with E-state index in [1.807, 2.05) is 0 Å². The minimum absolute atomic E-state index is 0.552. The van der Waals surface area contributed by atoms with E-state index in [-0.39, 0.29) is 0 Å². The molecule has 0 saturated carbocycles. The summed E-state index contributed by atoms with van der Waals surface area (Å²) in [5, 5.41) is 3.11. The van der Waals surface area contributed by atoms with Crippen LogP contribution in [0.5, 0.6) is 0 Å². The van der Waals surface area contributed by atoms with Gasteiger partial charge in [0.1, 0.15) is 0 Å². The van der Waals surface area contributed by atoms with Crippen molar-refractivity contribution in [2.24, 2.45) is 0 Å². The van der Waals surface area contributed by atoms with E-state index in [4.69, 9.17) is 0 Å². The van der Waals surface area contributed by atoms with E-state index in [2.05, 4.69) is 30.3 Å². The van der Waals surface area contributed by atoms with Crippen LogP contribution in [0.3, 0.4) is 0 Å². The molecule has 1 aromatic rings. The quantitative estimate of drug-likeness (QED) is 0.640. The summed E-state index contributed by atoms with van der Waals surface area (Å²) in [5.41, 5.74) is 0.